The number of carboxylic acid groups (broad SMARTS) is 1. The van der Waals surface area contributed by atoms with Gasteiger partial charge in [0.15, 0.2) is 17.7 Å². The van der Waals surface area contributed by atoms with Crippen molar-refractivity contribution in [2.75, 3.05) is 6.61 Å². The van der Waals surface area contributed by atoms with Crippen LogP contribution in [0.1, 0.15) is 39.5 Å². The second-order valence-electron chi connectivity index (χ2n) is 10.3. The minimum absolute atomic E-state index is 0.000447. The minimum Gasteiger partial charge on any atom is -0.479 e. The van der Waals surface area contributed by atoms with Gasteiger partial charge in [0.1, 0.15) is 12.8 Å². The first-order valence-electron chi connectivity index (χ1n) is 10.9. The quantitative estimate of drug-likeness (QED) is 0.487. The van der Waals surface area contributed by atoms with Crippen LogP contribution in [0.15, 0.2) is 22.8 Å². The number of carbonyl (C=O) groups excluding carboxylic acids is 2. The van der Waals surface area contributed by atoms with Crippen LogP contribution in [0.25, 0.3) is 0 Å². The number of hydrogen-bond acceptors (Lipinski definition) is 5. The summed E-state index contributed by atoms with van der Waals surface area (Å²) in [7, 11) is 0. The summed E-state index contributed by atoms with van der Waals surface area (Å²) >= 11 is 20.4. The molecule has 0 aromatic rings. The number of halogens is 4. The predicted octanol–water partition coefficient (Wildman–Crippen LogP) is 3.38. The molecule has 0 bridgehead atoms. The Morgan fingerprint density at radius 2 is 1.94 bits per heavy atom. The van der Waals surface area contributed by atoms with Crippen LogP contribution in [-0.2, 0) is 14.4 Å². The third-order valence-electron chi connectivity index (χ3n) is 9.24. The highest BCUT2D eigenvalue weighted by atomic mass is 35.5. The topological polar surface area (TPSA) is 112 Å². The van der Waals surface area contributed by atoms with Crippen molar-refractivity contribution in [3.8, 4) is 0 Å². The first-order valence-corrected chi connectivity index (χ1v) is 12.1. The average molecular weight is 524 g/mol. The number of carboxylic acids is 1. The fourth-order valence-electron chi connectivity index (χ4n) is 7.67. The molecule has 0 heterocycles. The molecule has 3 N–H and O–H groups in total. The predicted molar refractivity (Wildman–Crippen MR) is 120 cm³/mol. The van der Waals surface area contributed by atoms with Gasteiger partial charge in [0, 0.05) is 5.41 Å². The van der Waals surface area contributed by atoms with Crippen LogP contribution < -0.4 is 0 Å². The fourth-order valence-corrected chi connectivity index (χ4v) is 9.13. The van der Waals surface area contributed by atoms with E-state index in [0.717, 1.165) is 0 Å². The largest absolute Gasteiger partial charge is 0.479 e. The number of ketones is 2. The van der Waals surface area contributed by atoms with Gasteiger partial charge in [-0.3, -0.25) is 9.59 Å². The lowest BCUT2D eigenvalue weighted by molar-refractivity contribution is -0.177. The van der Waals surface area contributed by atoms with E-state index >= 15 is 4.39 Å². The molecule has 4 rings (SSSR count). The lowest BCUT2D eigenvalue weighted by Gasteiger charge is -2.65. The van der Waals surface area contributed by atoms with Crippen molar-refractivity contribution in [3.05, 3.63) is 22.8 Å². The first-order chi connectivity index (χ1) is 15.2. The summed E-state index contributed by atoms with van der Waals surface area (Å²) < 4.78 is 15.6. The van der Waals surface area contributed by atoms with E-state index in [1.807, 2.05) is 0 Å². The summed E-state index contributed by atoms with van der Waals surface area (Å²) in [5, 5.41) is 29.1. The Kier molecular flexibility index (Phi) is 5.90. The molecular formula is C23H26Cl3FO6. The normalized spacial score (nSPS) is 47.6. The van der Waals surface area contributed by atoms with E-state index in [1.54, 1.807) is 13.8 Å². The van der Waals surface area contributed by atoms with Crippen molar-refractivity contribution < 1.29 is 34.1 Å². The number of aliphatic hydroxyl groups is 2. The van der Waals surface area contributed by atoms with Gasteiger partial charge < -0.3 is 15.3 Å². The van der Waals surface area contributed by atoms with Gasteiger partial charge in [0.25, 0.3) is 0 Å². The number of hydrogen-bond donors (Lipinski definition) is 3. The molecular weight excluding hydrogens is 498 g/mol. The molecule has 4 aliphatic rings. The summed E-state index contributed by atoms with van der Waals surface area (Å²) in [6, 6.07) is 0. The molecule has 0 amide bonds. The Bertz CT molecular complexity index is 999. The second-order valence-corrected chi connectivity index (χ2v) is 11.8. The van der Waals surface area contributed by atoms with E-state index in [0.29, 0.717) is 6.42 Å². The van der Waals surface area contributed by atoms with Crippen LogP contribution in [0, 0.1) is 28.1 Å². The van der Waals surface area contributed by atoms with Crippen molar-refractivity contribution in [2.24, 2.45) is 28.1 Å². The van der Waals surface area contributed by atoms with Crippen molar-refractivity contribution in [1.82, 2.24) is 0 Å². The maximum Gasteiger partial charge on any atom is 0.333 e. The van der Waals surface area contributed by atoms with Crippen LogP contribution in [0.5, 0.6) is 0 Å². The Hall–Kier alpha value is -0.990. The molecule has 0 radical (unpaired) electrons. The van der Waals surface area contributed by atoms with Crippen LogP contribution in [-0.4, -0.2) is 62.0 Å². The summed E-state index contributed by atoms with van der Waals surface area (Å²) in [4.78, 5) is 35.8. The van der Waals surface area contributed by atoms with Crippen molar-refractivity contribution in [2.45, 2.75) is 62.1 Å². The van der Waals surface area contributed by atoms with E-state index in [-0.39, 0.29) is 29.9 Å². The summed E-state index contributed by atoms with van der Waals surface area (Å²) in [5.74, 6) is -3.93. The van der Waals surface area contributed by atoms with Gasteiger partial charge in [0.05, 0.1) is 20.7 Å². The van der Waals surface area contributed by atoms with Gasteiger partial charge in [-0.1, -0.05) is 25.4 Å². The summed E-state index contributed by atoms with van der Waals surface area (Å²) in [5.41, 5.74) is -3.93. The number of allylic oxidation sites excluding steroid dienone is 4. The maximum atomic E-state index is 15.6. The van der Waals surface area contributed by atoms with Crippen LogP contribution in [0.4, 0.5) is 4.39 Å². The molecule has 33 heavy (non-hydrogen) atoms. The Labute approximate surface area is 205 Å². The van der Waals surface area contributed by atoms with Crippen molar-refractivity contribution in [1.29, 1.82) is 0 Å². The molecule has 0 aromatic carbocycles. The van der Waals surface area contributed by atoms with Gasteiger partial charge in [0.2, 0.25) is 0 Å². The Morgan fingerprint density at radius 3 is 2.52 bits per heavy atom. The van der Waals surface area contributed by atoms with E-state index in [1.165, 1.54) is 12.2 Å². The first kappa shape index (κ1) is 25.1. The minimum atomic E-state index is -2.06. The molecule has 0 saturated heterocycles. The molecule has 9 atom stereocenters. The lowest BCUT2D eigenvalue weighted by atomic mass is 9.44. The van der Waals surface area contributed by atoms with Crippen LogP contribution in [0.2, 0.25) is 0 Å². The highest BCUT2D eigenvalue weighted by Gasteiger charge is 2.75. The lowest BCUT2D eigenvalue weighted by Crippen LogP contribution is -2.69. The molecule has 3 fully saturated rings. The number of carbonyl (C=O) groups is 3. The fraction of sp³-hybridized carbons (Fsp3) is 0.696. The molecule has 0 spiro atoms. The zero-order valence-electron chi connectivity index (χ0n) is 18.2. The number of rotatable bonds is 4. The van der Waals surface area contributed by atoms with Gasteiger partial charge in [-0.2, -0.15) is 0 Å². The van der Waals surface area contributed by atoms with E-state index in [9.17, 15) is 29.7 Å². The maximum absolute atomic E-state index is 15.6. The van der Waals surface area contributed by atoms with Gasteiger partial charge in [-0.05, 0) is 60.7 Å². The Morgan fingerprint density at radius 1 is 1.30 bits per heavy atom. The number of alkyl halides is 3. The molecule has 4 aliphatic carbocycles. The van der Waals surface area contributed by atoms with Crippen LogP contribution in [0.3, 0.4) is 0 Å². The highest BCUT2D eigenvalue weighted by molar-refractivity contribution is 6.45. The third-order valence-corrected chi connectivity index (χ3v) is 11.1. The van der Waals surface area contributed by atoms with Gasteiger partial charge in [-0.15, -0.1) is 23.2 Å². The van der Waals surface area contributed by atoms with Crippen molar-refractivity contribution in [3.63, 3.8) is 0 Å². The van der Waals surface area contributed by atoms with E-state index in [2.05, 4.69) is 0 Å². The zero-order valence-corrected chi connectivity index (χ0v) is 20.4. The monoisotopic (exact) mass is 522 g/mol. The zero-order chi connectivity index (χ0) is 24.7. The molecule has 0 aromatic heterocycles. The standard InChI is InChI=1S/C23H26Cl3FO6/c1-20-8-16(25)23(26)11(5-14(27)12-6-15(29)13(24)7-21(12,23)2)10(20)3-4-22(20,17(30)9-28)18(31)19(32)33/h6-7,10-11,14,16,18,28,31H,3-5,8-9H2,1-2H3,(H,32,33)/t10-,11-,14+,16-,18?,20-,21-,22+,23-/m0/s1. The van der Waals surface area contributed by atoms with E-state index in [4.69, 9.17) is 34.8 Å². The molecule has 10 heteroatoms. The number of Topliss-reactive ketones (excluding diaryl/α,β-unsaturated/α-hetero) is 1. The number of fused-ring (bicyclic) bond motifs is 5. The molecule has 182 valence electrons. The van der Waals surface area contributed by atoms with Crippen molar-refractivity contribution >= 4 is 52.3 Å². The summed E-state index contributed by atoms with van der Waals surface area (Å²) in [6.45, 7) is 2.45. The smallest absolute Gasteiger partial charge is 0.333 e. The molecule has 3 saturated carbocycles. The SMILES string of the molecule is C[C@]12C=C(Cl)C(=O)C=C1[C@H](F)C[C@H]1[C@@H]3CC[C@@](C(=O)CO)(C(O)C(=O)O)[C@@]3(C)C[C@H](Cl)[C@@]12Cl. The van der Waals surface area contributed by atoms with Gasteiger partial charge >= 0.3 is 5.97 Å². The average Bonchev–Trinajstić information content (AvgIpc) is 3.04. The molecule has 6 nitrogen and oxygen atoms in total. The highest BCUT2D eigenvalue weighted by Crippen LogP contribution is 2.74. The summed E-state index contributed by atoms with van der Waals surface area (Å²) in [6.07, 6.45) is -0.648. The van der Waals surface area contributed by atoms with Crippen LogP contribution >= 0.6 is 34.8 Å². The Balaban J connectivity index is 1.90. The third kappa shape index (κ3) is 2.89. The van der Waals surface area contributed by atoms with Gasteiger partial charge in [-0.25, -0.2) is 9.18 Å². The second kappa shape index (κ2) is 7.76. The number of aliphatic carboxylic acids is 1. The van der Waals surface area contributed by atoms with E-state index < -0.39 is 74.8 Å². The molecule has 1 unspecified atom stereocenters. The number of aliphatic hydroxyl groups excluding tert-OH is 2. The molecule has 0 aliphatic heterocycles.